The third-order valence-electron chi connectivity index (χ3n) is 3.72. The fourth-order valence-corrected chi connectivity index (χ4v) is 2.42. The second-order valence-corrected chi connectivity index (χ2v) is 5.90. The van der Waals surface area contributed by atoms with E-state index in [9.17, 15) is 4.79 Å². The monoisotopic (exact) mass is 306 g/mol. The van der Waals surface area contributed by atoms with Crippen LogP contribution in [-0.4, -0.2) is 67.3 Å². The molecular weight excluding hydrogens is 280 g/mol. The summed E-state index contributed by atoms with van der Waals surface area (Å²) in [5, 5.41) is 2.97. The van der Waals surface area contributed by atoms with Crippen LogP contribution in [0.25, 0.3) is 0 Å². The maximum atomic E-state index is 12.4. The van der Waals surface area contributed by atoms with Gasteiger partial charge in [-0.3, -0.25) is 4.98 Å². The highest BCUT2D eigenvalue weighted by molar-refractivity contribution is 5.74. The van der Waals surface area contributed by atoms with E-state index in [2.05, 4.69) is 15.2 Å². The average Bonchev–Trinajstić information content (AvgIpc) is 3.03. The van der Waals surface area contributed by atoms with E-state index in [-0.39, 0.29) is 12.1 Å². The fraction of sp³-hybridized carbons (Fsp3) is 0.625. The number of urea groups is 1. The van der Waals surface area contributed by atoms with E-state index in [1.54, 1.807) is 12.4 Å². The summed E-state index contributed by atoms with van der Waals surface area (Å²) in [6, 6.07) is 3.79. The summed E-state index contributed by atoms with van der Waals surface area (Å²) in [4.78, 5) is 20.4. The van der Waals surface area contributed by atoms with Gasteiger partial charge in [-0.1, -0.05) is 6.07 Å². The minimum absolute atomic E-state index is 0.0406. The molecular formula is C16H26N4O2. The van der Waals surface area contributed by atoms with Crippen molar-refractivity contribution in [1.29, 1.82) is 0 Å². The van der Waals surface area contributed by atoms with Crippen LogP contribution in [0.5, 0.6) is 0 Å². The lowest BCUT2D eigenvalue weighted by molar-refractivity contribution is 0.0795. The van der Waals surface area contributed by atoms with Crippen molar-refractivity contribution in [2.45, 2.75) is 25.5 Å². The summed E-state index contributed by atoms with van der Waals surface area (Å²) in [7, 11) is 4.02. The minimum atomic E-state index is -0.0406. The van der Waals surface area contributed by atoms with Crippen LogP contribution in [0, 0.1) is 0 Å². The Bertz CT molecular complexity index is 447. The number of hydrogen-bond donors (Lipinski definition) is 1. The van der Waals surface area contributed by atoms with E-state index < -0.39 is 0 Å². The third kappa shape index (κ3) is 5.61. The molecule has 122 valence electrons. The molecule has 0 spiro atoms. The number of hydrogen-bond acceptors (Lipinski definition) is 4. The van der Waals surface area contributed by atoms with E-state index in [1.165, 1.54) is 0 Å². The zero-order chi connectivity index (χ0) is 15.8. The van der Waals surface area contributed by atoms with Crippen molar-refractivity contribution in [3.8, 4) is 0 Å². The molecule has 1 fully saturated rings. The van der Waals surface area contributed by atoms with Gasteiger partial charge in [0.25, 0.3) is 0 Å². The average molecular weight is 306 g/mol. The maximum Gasteiger partial charge on any atom is 0.317 e. The van der Waals surface area contributed by atoms with Gasteiger partial charge < -0.3 is 19.9 Å². The van der Waals surface area contributed by atoms with E-state index in [1.807, 2.05) is 31.1 Å². The Morgan fingerprint density at radius 3 is 2.95 bits per heavy atom. The SMILES string of the molecule is CN(C)CCN(C[C@H]1CCCO1)C(=O)NCc1cccnc1. The van der Waals surface area contributed by atoms with Crippen LogP contribution in [0.15, 0.2) is 24.5 Å². The molecule has 1 aliphatic rings. The van der Waals surface area contributed by atoms with Gasteiger partial charge in [-0.05, 0) is 38.6 Å². The summed E-state index contributed by atoms with van der Waals surface area (Å²) >= 11 is 0. The van der Waals surface area contributed by atoms with Gasteiger partial charge >= 0.3 is 6.03 Å². The number of nitrogens with zero attached hydrogens (tertiary/aromatic N) is 3. The smallest absolute Gasteiger partial charge is 0.317 e. The van der Waals surface area contributed by atoms with Crippen LogP contribution in [0.3, 0.4) is 0 Å². The highest BCUT2D eigenvalue weighted by Gasteiger charge is 2.22. The molecule has 0 aliphatic carbocycles. The minimum Gasteiger partial charge on any atom is -0.376 e. The number of amides is 2. The topological polar surface area (TPSA) is 57.7 Å². The highest BCUT2D eigenvalue weighted by atomic mass is 16.5. The highest BCUT2D eigenvalue weighted by Crippen LogP contribution is 2.13. The van der Waals surface area contributed by atoms with Crippen LogP contribution >= 0.6 is 0 Å². The lowest BCUT2D eigenvalue weighted by Crippen LogP contribution is -2.46. The molecule has 2 amide bonds. The standard InChI is InChI=1S/C16H26N4O2/c1-19(2)8-9-20(13-15-6-4-10-22-15)16(21)18-12-14-5-3-7-17-11-14/h3,5,7,11,15H,4,6,8-10,12-13H2,1-2H3,(H,18,21)/t15-/m1/s1. The van der Waals surface area contributed by atoms with E-state index in [0.29, 0.717) is 19.6 Å². The number of carbonyl (C=O) groups is 1. The first-order chi connectivity index (χ1) is 10.6. The predicted octanol–water partition coefficient (Wildman–Crippen LogP) is 1.33. The maximum absolute atomic E-state index is 12.4. The van der Waals surface area contributed by atoms with Crippen molar-refractivity contribution in [3.63, 3.8) is 0 Å². The molecule has 0 saturated carbocycles. The first-order valence-electron chi connectivity index (χ1n) is 7.83. The molecule has 1 saturated heterocycles. The molecule has 1 aromatic rings. The molecule has 0 bridgehead atoms. The molecule has 1 N–H and O–H groups in total. The van der Waals surface area contributed by atoms with Crippen molar-refractivity contribution < 1.29 is 9.53 Å². The molecule has 22 heavy (non-hydrogen) atoms. The molecule has 0 radical (unpaired) electrons. The van der Waals surface area contributed by atoms with Crippen LogP contribution in [0.1, 0.15) is 18.4 Å². The van der Waals surface area contributed by atoms with Gasteiger partial charge in [-0.15, -0.1) is 0 Å². The van der Waals surface area contributed by atoms with E-state index in [0.717, 1.165) is 31.6 Å². The molecule has 0 aromatic carbocycles. The Hall–Kier alpha value is -1.66. The van der Waals surface area contributed by atoms with E-state index in [4.69, 9.17) is 4.74 Å². The molecule has 1 atom stereocenters. The zero-order valence-corrected chi connectivity index (χ0v) is 13.5. The van der Waals surface area contributed by atoms with Gasteiger partial charge in [0, 0.05) is 45.2 Å². The van der Waals surface area contributed by atoms with Gasteiger partial charge in [0.1, 0.15) is 0 Å². The van der Waals surface area contributed by atoms with Crippen molar-refractivity contribution in [2.75, 3.05) is 40.3 Å². The van der Waals surface area contributed by atoms with E-state index >= 15 is 0 Å². The van der Waals surface area contributed by atoms with Crippen LogP contribution in [-0.2, 0) is 11.3 Å². The van der Waals surface area contributed by atoms with Crippen molar-refractivity contribution in [3.05, 3.63) is 30.1 Å². The van der Waals surface area contributed by atoms with Crippen LogP contribution < -0.4 is 5.32 Å². The zero-order valence-electron chi connectivity index (χ0n) is 13.5. The molecule has 6 nitrogen and oxygen atoms in total. The van der Waals surface area contributed by atoms with Crippen molar-refractivity contribution in [1.82, 2.24) is 20.1 Å². The number of nitrogens with one attached hydrogen (secondary N) is 1. The van der Waals surface area contributed by atoms with Crippen LogP contribution in [0.4, 0.5) is 4.79 Å². The normalized spacial score (nSPS) is 17.7. The molecule has 0 unspecified atom stereocenters. The largest absolute Gasteiger partial charge is 0.376 e. The Labute approximate surface area is 132 Å². The van der Waals surface area contributed by atoms with Crippen LogP contribution in [0.2, 0.25) is 0 Å². The lowest BCUT2D eigenvalue weighted by Gasteiger charge is -2.27. The second-order valence-electron chi connectivity index (χ2n) is 5.90. The Balaban J connectivity index is 1.86. The first-order valence-corrected chi connectivity index (χ1v) is 7.83. The Morgan fingerprint density at radius 2 is 2.32 bits per heavy atom. The quantitative estimate of drug-likeness (QED) is 0.826. The van der Waals surface area contributed by atoms with Crippen molar-refractivity contribution >= 4 is 6.03 Å². The second kappa shape index (κ2) is 8.70. The number of carbonyl (C=O) groups excluding carboxylic acids is 1. The van der Waals surface area contributed by atoms with Gasteiger partial charge in [-0.2, -0.15) is 0 Å². The molecule has 1 aliphatic heterocycles. The summed E-state index contributed by atoms with van der Waals surface area (Å²) in [6.45, 7) is 3.51. The summed E-state index contributed by atoms with van der Waals surface area (Å²) in [6.07, 6.45) is 5.79. The third-order valence-corrected chi connectivity index (χ3v) is 3.72. The van der Waals surface area contributed by atoms with Gasteiger partial charge in [0.15, 0.2) is 0 Å². The molecule has 1 aromatic heterocycles. The Kier molecular flexibility index (Phi) is 6.61. The molecule has 2 heterocycles. The van der Waals surface area contributed by atoms with Gasteiger partial charge in [0.05, 0.1) is 6.10 Å². The predicted molar refractivity (Wildman–Crippen MR) is 85.6 cm³/mol. The van der Waals surface area contributed by atoms with Crippen molar-refractivity contribution in [2.24, 2.45) is 0 Å². The number of rotatable bonds is 7. The summed E-state index contributed by atoms with van der Waals surface area (Å²) < 4.78 is 5.66. The van der Waals surface area contributed by atoms with Gasteiger partial charge in [0.2, 0.25) is 0 Å². The first kappa shape index (κ1) is 16.7. The lowest BCUT2D eigenvalue weighted by atomic mass is 10.2. The number of aromatic nitrogens is 1. The number of ether oxygens (including phenoxy) is 1. The number of likely N-dealkylation sites (N-methyl/N-ethyl adjacent to an activating group) is 1. The number of pyridine rings is 1. The summed E-state index contributed by atoms with van der Waals surface area (Å²) in [5.41, 5.74) is 1.00. The van der Waals surface area contributed by atoms with Gasteiger partial charge in [-0.25, -0.2) is 4.79 Å². The molecule has 6 heteroatoms. The summed E-state index contributed by atoms with van der Waals surface area (Å²) in [5.74, 6) is 0. The molecule has 2 rings (SSSR count). The fourth-order valence-electron chi connectivity index (χ4n) is 2.42. The Morgan fingerprint density at radius 1 is 1.45 bits per heavy atom.